The molecule has 1 fully saturated rings. The molecule has 1 aliphatic rings. The fourth-order valence-electron chi connectivity index (χ4n) is 3.15. The number of para-hydroxylation sites is 1. The van der Waals surface area contributed by atoms with Gasteiger partial charge in [0.2, 0.25) is 0 Å². The lowest BCUT2D eigenvalue weighted by Crippen LogP contribution is -2.38. The van der Waals surface area contributed by atoms with Gasteiger partial charge in [0.25, 0.3) is 5.91 Å². The second kappa shape index (κ2) is 8.34. The summed E-state index contributed by atoms with van der Waals surface area (Å²) in [5.41, 5.74) is 1.23. The van der Waals surface area contributed by atoms with E-state index in [0.29, 0.717) is 17.0 Å². The summed E-state index contributed by atoms with van der Waals surface area (Å²) in [7, 11) is 0. The van der Waals surface area contributed by atoms with Gasteiger partial charge in [0.05, 0.1) is 18.2 Å². The number of amides is 1. The zero-order chi connectivity index (χ0) is 17.5. The topological polar surface area (TPSA) is 53.3 Å². The Balaban J connectivity index is 1.43. The Labute approximate surface area is 148 Å². The van der Waals surface area contributed by atoms with Gasteiger partial charge in [-0.25, -0.2) is 0 Å². The fourth-order valence-corrected chi connectivity index (χ4v) is 3.15. The van der Waals surface area contributed by atoms with E-state index in [1.807, 2.05) is 35.2 Å². The maximum absolute atomic E-state index is 12.5. The molecule has 0 aromatic heterocycles. The van der Waals surface area contributed by atoms with Crippen molar-refractivity contribution in [3.8, 4) is 11.8 Å². The van der Waals surface area contributed by atoms with Crippen molar-refractivity contribution >= 4 is 5.91 Å². The van der Waals surface area contributed by atoms with E-state index in [2.05, 4.69) is 6.07 Å². The summed E-state index contributed by atoms with van der Waals surface area (Å²) in [5, 5.41) is 8.83. The molecule has 1 saturated heterocycles. The molecule has 128 valence electrons. The molecule has 4 nitrogen and oxygen atoms in total. The Kier molecular flexibility index (Phi) is 5.69. The third-order valence-corrected chi connectivity index (χ3v) is 4.70. The van der Waals surface area contributed by atoms with Crippen LogP contribution in [0.2, 0.25) is 0 Å². The number of ether oxygens (including phenoxy) is 1. The summed E-state index contributed by atoms with van der Waals surface area (Å²) in [6, 6.07) is 18.8. The van der Waals surface area contributed by atoms with Crippen molar-refractivity contribution in [2.75, 3.05) is 19.7 Å². The quantitative estimate of drug-likeness (QED) is 0.834. The highest BCUT2D eigenvalue weighted by molar-refractivity contribution is 5.94. The van der Waals surface area contributed by atoms with Crippen LogP contribution in [0.4, 0.5) is 0 Å². The van der Waals surface area contributed by atoms with Crippen LogP contribution in [0.25, 0.3) is 0 Å². The van der Waals surface area contributed by atoms with Gasteiger partial charge in [-0.1, -0.05) is 18.2 Å². The highest BCUT2D eigenvalue weighted by atomic mass is 16.5. The van der Waals surface area contributed by atoms with Crippen LogP contribution >= 0.6 is 0 Å². The van der Waals surface area contributed by atoms with E-state index in [-0.39, 0.29) is 5.91 Å². The molecule has 3 rings (SSSR count). The lowest BCUT2D eigenvalue weighted by Gasteiger charge is -2.32. The zero-order valence-electron chi connectivity index (χ0n) is 14.2. The number of hydrogen-bond donors (Lipinski definition) is 0. The Morgan fingerprint density at radius 3 is 2.40 bits per heavy atom. The van der Waals surface area contributed by atoms with Crippen LogP contribution < -0.4 is 4.74 Å². The van der Waals surface area contributed by atoms with Gasteiger partial charge in [0.1, 0.15) is 5.75 Å². The minimum Gasteiger partial charge on any atom is -0.494 e. The molecular weight excluding hydrogens is 312 g/mol. The first-order valence-corrected chi connectivity index (χ1v) is 8.73. The second-order valence-electron chi connectivity index (χ2n) is 6.37. The minimum atomic E-state index is 0.0588. The van der Waals surface area contributed by atoms with Crippen LogP contribution in [-0.2, 0) is 0 Å². The molecule has 0 saturated carbocycles. The lowest BCUT2D eigenvalue weighted by molar-refractivity contribution is 0.0680. The minimum absolute atomic E-state index is 0.0588. The van der Waals surface area contributed by atoms with Crippen LogP contribution in [0.3, 0.4) is 0 Å². The van der Waals surface area contributed by atoms with E-state index >= 15 is 0 Å². The number of rotatable bonds is 5. The molecule has 1 aliphatic heterocycles. The number of likely N-dealkylation sites (tertiary alicyclic amines) is 1. The first-order chi connectivity index (χ1) is 12.3. The number of piperidine rings is 1. The summed E-state index contributed by atoms with van der Waals surface area (Å²) in [4.78, 5) is 14.4. The highest BCUT2D eigenvalue weighted by Gasteiger charge is 2.23. The molecule has 0 bridgehead atoms. The van der Waals surface area contributed by atoms with E-state index < -0.39 is 0 Å². The van der Waals surface area contributed by atoms with Gasteiger partial charge in [-0.05, 0) is 61.6 Å². The van der Waals surface area contributed by atoms with E-state index in [9.17, 15) is 4.79 Å². The third-order valence-electron chi connectivity index (χ3n) is 4.70. The predicted molar refractivity (Wildman–Crippen MR) is 96.3 cm³/mol. The van der Waals surface area contributed by atoms with Crippen LogP contribution in [0.15, 0.2) is 54.6 Å². The molecule has 0 N–H and O–H groups in total. The summed E-state index contributed by atoms with van der Waals surface area (Å²) < 4.78 is 5.77. The zero-order valence-corrected chi connectivity index (χ0v) is 14.2. The molecule has 0 atom stereocenters. The van der Waals surface area contributed by atoms with Crippen molar-refractivity contribution in [2.45, 2.75) is 19.3 Å². The highest BCUT2D eigenvalue weighted by Crippen LogP contribution is 2.22. The third kappa shape index (κ3) is 4.60. The molecule has 0 unspecified atom stereocenters. The van der Waals surface area contributed by atoms with E-state index in [4.69, 9.17) is 10.00 Å². The molecule has 4 heteroatoms. The van der Waals surface area contributed by atoms with Crippen molar-refractivity contribution < 1.29 is 9.53 Å². The molecule has 0 spiro atoms. The number of nitriles is 1. The van der Waals surface area contributed by atoms with Gasteiger partial charge in [0, 0.05) is 18.7 Å². The maximum atomic E-state index is 12.5. The molecule has 0 radical (unpaired) electrons. The molecule has 1 amide bonds. The second-order valence-corrected chi connectivity index (χ2v) is 6.37. The van der Waals surface area contributed by atoms with Crippen LogP contribution in [0, 0.1) is 17.2 Å². The summed E-state index contributed by atoms with van der Waals surface area (Å²) in [5.74, 6) is 1.58. The number of benzene rings is 2. The Bertz CT molecular complexity index is 727. The summed E-state index contributed by atoms with van der Waals surface area (Å²) in [6.45, 7) is 2.29. The SMILES string of the molecule is N#Cc1ccc(C(=O)N2CCC(CCOc3ccccc3)CC2)cc1. The largest absolute Gasteiger partial charge is 0.494 e. The van der Waals surface area contributed by atoms with Crippen LogP contribution in [0.5, 0.6) is 5.75 Å². The molecule has 1 heterocycles. The van der Waals surface area contributed by atoms with E-state index in [1.165, 1.54) is 0 Å². The van der Waals surface area contributed by atoms with E-state index in [0.717, 1.165) is 44.7 Å². The standard InChI is InChI=1S/C21H22N2O2/c22-16-18-6-8-19(9-7-18)21(24)23-13-10-17(11-14-23)12-15-25-20-4-2-1-3-5-20/h1-9,17H,10-15H2. The summed E-state index contributed by atoms with van der Waals surface area (Å²) in [6.07, 6.45) is 3.05. The molecule has 0 aliphatic carbocycles. The first kappa shape index (κ1) is 17.0. The number of hydrogen-bond acceptors (Lipinski definition) is 3. The van der Waals surface area contributed by atoms with E-state index in [1.54, 1.807) is 24.3 Å². The molecule has 25 heavy (non-hydrogen) atoms. The lowest BCUT2D eigenvalue weighted by atomic mass is 9.93. The van der Waals surface area contributed by atoms with Gasteiger partial charge in [-0.2, -0.15) is 5.26 Å². The van der Waals surface area contributed by atoms with Crippen molar-refractivity contribution in [1.82, 2.24) is 4.90 Å². The first-order valence-electron chi connectivity index (χ1n) is 8.73. The van der Waals surface area contributed by atoms with Crippen LogP contribution in [0.1, 0.15) is 35.2 Å². The van der Waals surface area contributed by atoms with Crippen LogP contribution in [-0.4, -0.2) is 30.5 Å². The van der Waals surface area contributed by atoms with Crippen molar-refractivity contribution in [1.29, 1.82) is 5.26 Å². The average Bonchev–Trinajstić information content (AvgIpc) is 2.69. The van der Waals surface area contributed by atoms with Crippen molar-refractivity contribution in [2.24, 2.45) is 5.92 Å². The number of carbonyl (C=O) groups excluding carboxylic acids is 1. The van der Waals surface area contributed by atoms with Gasteiger partial charge < -0.3 is 9.64 Å². The van der Waals surface area contributed by atoms with Gasteiger partial charge >= 0.3 is 0 Å². The van der Waals surface area contributed by atoms with Crippen molar-refractivity contribution in [3.63, 3.8) is 0 Å². The normalized spacial score (nSPS) is 14.8. The Morgan fingerprint density at radius 2 is 1.76 bits per heavy atom. The average molecular weight is 334 g/mol. The number of carbonyl (C=O) groups is 1. The fraction of sp³-hybridized carbons (Fsp3) is 0.333. The Hall–Kier alpha value is -2.80. The predicted octanol–water partition coefficient (Wildman–Crippen LogP) is 3.88. The smallest absolute Gasteiger partial charge is 0.253 e. The van der Waals surface area contributed by atoms with Crippen molar-refractivity contribution in [3.05, 3.63) is 65.7 Å². The van der Waals surface area contributed by atoms with Gasteiger partial charge in [0.15, 0.2) is 0 Å². The molecule has 2 aromatic rings. The monoisotopic (exact) mass is 334 g/mol. The Morgan fingerprint density at radius 1 is 1.08 bits per heavy atom. The maximum Gasteiger partial charge on any atom is 0.253 e. The van der Waals surface area contributed by atoms with Gasteiger partial charge in [-0.3, -0.25) is 4.79 Å². The molecule has 2 aromatic carbocycles. The number of nitrogens with zero attached hydrogens (tertiary/aromatic N) is 2. The summed E-state index contributed by atoms with van der Waals surface area (Å²) >= 11 is 0. The van der Waals surface area contributed by atoms with Gasteiger partial charge in [-0.15, -0.1) is 0 Å². The molecular formula is C21H22N2O2.